The third kappa shape index (κ3) is 5.47. The van der Waals surface area contributed by atoms with E-state index >= 15 is 0 Å². The first-order chi connectivity index (χ1) is 7.72. The van der Waals surface area contributed by atoms with Crippen LogP contribution < -0.4 is 5.32 Å². The third-order valence-electron chi connectivity index (χ3n) is 2.99. The van der Waals surface area contributed by atoms with Crippen LogP contribution in [0.3, 0.4) is 0 Å². The molecule has 4 nitrogen and oxygen atoms in total. The van der Waals surface area contributed by atoms with Crippen LogP contribution >= 0.6 is 0 Å². The zero-order valence-corrected chi connectivity index (χ0v) is 10.5. The lowest BCUT2D eigenvalue weighted by molar-refractivity contribution is -0.124. The van der Waals surface area contributed by atoms with Gasteiger partial charge in [-0.25, -0.2) is 0 Å². The van der Waals surface area contributed by atoms with Crippen molar-refractivity contribution < 1.29 is 9.53 Å². The van der Waals surface area contributed by atoms with Crippen molar-refractivity contribution in [3.63, 3.8) is 0 Å². The average Bonchev–Trinajstić information content (AvgIpc) is 2.25. The molecule has 1 rings (SSSR count). The molecule has 1 heterocycles. The lowest BCUT2D eigenvalue weighted by Gasteiger charge is -2.30. The standard InChI is InChI=1S/C12H24N2O2/c1-11-5-3-7-14(9-11)8-4-6-13-12(15)10-16-2/h11H,3-10H2,1-2H3,(H,13,15)/t11-/m0/s1. The van der Waals surface area contributed by atoms with Crippen molar-refractivity contribution in [3.8, 4) is 0 Å². The molecule has 0 aromatic rings. The molecule has 0 aliphatic carbocycles. The number of likely N-dealkylation sites (tertiary alicyclic amines) is 1. The number of rotatable bonds is 6. The summed E-state index contributed by atoms with van der Waals surface area (Å²) in [6.45, 7) is 6.76. The molecule has 4 heteroatoms. The average molecular weight is 228 g/mol. The highest BCUT2D eigenvalue weighted by Gasteiger charge is 2.15. The Morgan fingerprint density at radius 1 is 1.56 bits per heavy atom. The third-order valence-corrected chi connectivity index (χ3v) is 2.99. The second-order valence-corrected chi connectivity index (χ2v) is 4.68. The van der Waals surface area contributed by atoms with Gasteiger partial charge in [-0.05, 0) is 38.3 Å². The van der Waals surface area contributed by atoms with Gasteiger partial charge < -0.3 is 15.0 Å². The fourth-order valence-electron chi connectivity index (χ4n) is 2.20. The van der Waals surface area contributed by atoms with Gasteiger partial charge in [0.2, 0.25) is 5.91 Å². The zero-order chi connectivity index (χ0) is 11.8. The summed E-state index contributed by atoms with van der Waals surface area (Å²) in [5.41, 5.74) is 0. The highest BCUT2D eigenvalue weighted by atomic mass is 16.5. The van der Waals surface area contributed by atoms with E-state index in [0.29, 0.717) is 0 Å². The minimum Gasteiger partial charge on any atom is -0.375 e. The van der Waals surface area contributed by atoms with Gasteiger partial charge in [0.1, 0.15) is 6.61 Å². The minimum atomic E-state index is -0.0190. The van der Waals surface area contributed by atoms with Gasteiger partial charge in [-0.1, -0.05) is 6.92 Å². The highest BCUT2D eigenvalue weighted by molar-refractivity contribution is 5.77. The molecule has 1 N–H and O–H groups in total. The van der Waals surface area contributed by atoms with E-state index in [1.807, 2.05) is 0 Å². The number of hydrogen-bond acceptors (Lipinski definition) is 3. The molecule has 1 atom stereocenters. The molecule has 1 aliphatic heterocycles. The summed E-state index contributed by atoms with van der Waals surface area (Å²) in [6, 6.07) is 0. The van der Waals surface area contributed by atoms with Gasteiger partial charge in [0, 0.05) is 20.2 Å². The molecule has 1 fully saturated rings. The van der Waals surface area contributed by atoms with E-state index in [1.54, 1.807) is 0 Å². The van der Waals surface area contributed by atoms with Crippen LogP contribution in [-0.4, -0.2) is 50.7 Å². The Morgan fingerprint density at radius 3 is 3.06 bits per heavy atom. The summed E-state index contributed by atoms with van der Waals surface area (Å²) in [6.07, 6.45) is 3.71. The van der Waals surface area contributed by atoms with Crippen molar-refractivity contribution in [2.45, 2.75) is 26.2 Å². The van der Waals surface area contributed by atoms with Gasteiger partial charge in [-0.2, -0.15) is 0 Å². The normalized spacial score (nSPS) is 22.0. The number of carbonyl (C=O) groups excluding carboxylic acids is 1. The first-order valence-electron chi connectivity index (χ1n) is 6.20. The van der Waals surface area contributed by atoms with Gasteiger partial charge >= 0.3 is 0 Å². The number of nitrogens with zero attached hydrogens (tertiary/aromatic N) is 1. The number of methoxy groups -OCH3 is 1. The molecule has 0 spiro atoms. The predicted molar refractivity (Wildman–Crippen MR) is 64.3 cm³/mol. The molecular weight excluding hydrogens is 204 g/mol. The van der Waals surface area contributed by atoms with Crippen LogP contribution in [0.2, 0.25) is 0 Å². The lowest BCUT2D eigenvalue weighted by atomic mass is 10.0. The van der Waals surface area contributed by atoms with E-state index in [4.69, 9.17) is 4.74 Å². The summed E-state index contributed by atoms with van der Waals surface area (Å²) in [5, 5.41) is 2.84. The molecule has 1 amide bonds. The maximum absolute atomic E-state index is 11.1. The van der Waals surface area contributed by atoms with Crippen LogP contribution in [0.4, 0.5) is 0 Å². The first kappa shape index (κ1) is 13.5. The molecule has 0 aromatic heterocycles. The van der Waals surface area contributed by atoms with Crippen LogP contribution in [0, 0.1) is 5.92 Å². The monoisotopic (exact) mass is 228 g/mol. The van der Waals surface area contributed by atoms with Crippen LogP contribution in [-0.2, 0) is 9.53 Å². The van der Waals surface area contributed by atoms with Gasteiger partial charge in [-0.3, -0.25) is 4.79 Å². The predicted octanol–water partition coefficient (Wildman–Crippen LogP) is 0.871. The fraction of sp³-hybridized carbons (Fsp3) is 0.917. The van der Waals surface area contributed by atoms with Crippen LogP contribution in [0.15, 0.2) is 0 Å². The van der Waals surface area contributed by atoms with E-state index in [1.165, 1.54) is 33.0 Å². The Morgan fingerprint density at radius 2 is 2.38 bits per heavy atom. The highest BCUT2D eigenvalue weighted by Crippen LogP contribution is 2.15. The van der Waals surface area contributed by atoms with Crippen molar-refractivity contribution in [1.29, 1.82) is 0 Å². The van der Waals surface area contributed by atoms with Gasteiger partial charge in [0.05, 0.1) is 0 Å². The van der Waals surface area contributed by atoms with Gasteiger partial charge in [-0.15, -0.1) is 0 Å². The fourth-order valence-corrected chi connectivity index (χ4v) is 2.20. The largest absolute Gasteiger partial charge is 0.375 e. The molecule has 0 aromatic carbocycles. The molecular formula is C12H24N2O2. The molecule has 0 unspecified atom stereocenters. The van der Waals surface area contributed by atoms with Crippen molar-refractivity contribution >= 4 is 5.91 Å². The molecule has 16 heavy (non-hydrogen) atoms. The number of carbonyl (C=O) groups is 1. The Kier molecular flexibility index (Phi) is 6.42. The molecule has 94 valence electrons. The van der Waals surface area contributed by atoms with E-state index in [9.17, 15) is 4.79 Å². The summed E-state index contributed by atoms with van der Waals surface area (Å²) >= 11 is 0. The second kappa shape index (κ2) is 7.63. The van der Waals surface area contributed by atoms with E-state index in [-0.39, 0.29) is 12.5 Å². The van der Waals surface area contributed by atoms with Crippen LogP contribution in [0.1, 0.15) is 26.2 Å². The maximum atomic E-state index is 11.1. The van der Waals surface area contributed by atoms with Crippen LogP contribution in [0.5, 0.6) is 0 Å². The molecule has 1 aliphatic rings. The summed E-state index contributed by atoms with van der Waals surface area (Å²) < 4.78 is 4.74. The number of nitrogens with one attached hydrogen (secondary N) is 1. The molecule has 0 bridgehead atoms. The SMILES string of the molecule is COCC(=O)NCCCN1CCC[C@H](C)C1. The lowest BCUT2D eigenvalue weighted by Crippen LogP contribution is -2.37. The van der Waals surface area contributed by atoms with Crippen molar-refractivity contribution in [2.24, 2.45) is 5.92 Å². The zero-order valence-electron chi connectivity index (χ0n) is 10.5. The molecule has 0 radical (unpaired) electrons. The van der Waals surface area contributed by atoms with Crippen molar-refractivity contribution in [3.05, 3.63) is 0 Å². The van der Waals surface area contributed by atoms with Crippen molar-refractivity contribution in [1.82, 2.24) is 10.2 Å². The Balaban J connectivity index is 2.00. The second-order valence-electron chi connectivity index (χ2n) is 4.68. The Bertz CT molecular complexity index is 209. The molecule has 0 saturated carbocycles. The first-order valence-corrected chi connectivity index (χ1v) is 6.20. The number of amides is 1. The summed E-state index contributed by atoms with van der Waals surface area (Å²) in [4.78, 5) is 13.6. The quantitative estimate of drug-likeness (QED) is 0.686. The topological polar surface area (TPSA) is 41.6 Å². The minimum absolute atomic E-state index is 0.0190. The number of hydrogen-bond donors (Lipinski definition) is 1. The Hall–Kier alpha value is -0.610. The van der Waals surface area contributed by atoms with E-state index in [2.05, 4.69) is 17.1 Å². The summed E-state index contributed by atoms with van der Waals surface area (Å²) in [5.74, 6) is 0.811. The van der Waals surface area contributed by atoms with Crippen LogP contribution in [0.25, 0.3) is 0 Å². The Labute approximate surface area is 98.3 Å². The summed E-state index contributed by atoms with van der Waals surface area (Å²) in [7, 11) is 1.54. The van der Waals surface area contributed by atoms with E-state index < -0.39 is 0 Å². The van der Waals surface area contributed by atoms with Gasteiger partial charge in [0.25, 0.3) is 0 Å². The van der Waals surface area contributed by atoms with Gasteiger partial charge in [0.15, 0.2) is 0 Å². The smallest absolute Gasteiger partial charge is 0.245 e. The molecule has 1 saturated heterocycles. The number of ether oxygens (including phenoxy) is 1. The number of piperidine rings is 1. The van der Waals surface area contributed by atoms with Crippen molar-refractivity contribution in [2.75, 3.05) is 39.9 Å². The van der Waals surface area contributed by atoms with E-state index in [0.717, 1.165) is 25.4 Å². The maximum Gasteiger partial charge on any atom is 0.245 e.